The maximum absolute atomic E-state index is 12.2. The highest BCUT2D eigenvalue weighted by atomic mass is 16.1. The number of aromatic nitrogens is 1. The molecule has 104 valence electrons. The number of pyridine rings is 1. The van der Waals surface area contributed by atoms with Crippen molar-refractivity contribution in [1.82, 2.24) is 14.8 Å². The molecule has 0 aliphatic carbocycles. The second-order valence-corrected chi connectivity index (χ2v) is 5.39. The van der Waals surface area contributed by atoms with Gasteiger partial charge >= 0.3 is 0 Å². The summed E-state index contributed by atoms with van der Waals surface area (Å²) in [6, 6.07) is 2.05. The van der Waals surface area contributed by atoms with Crippen LogP contribution in [-0.2, 0) is 11.2 Å². The topological polar surface area (TPSA) is 62.5 Å². The summed E-state index contributed by atoms with van der Waals surface area (Å²) in [5, 5.41) is 0. The van der Waals surface area contributed by atoms with E-state index < -0.39 is 0 Å². The van der Waals surface area contributed by atoms with Gasteiger partial charge in [0.2, 0.25) is 0 Å². The minimum atomic E-state index is 0.229. The van der Waals surface area contributed by atoms with Gasteiger partial charge in [0, 0.05) is 62.2 Å². The summed E-state index contributed by atoms with van der Waals surface area (Å²) >= 11 is 0. The van der Waals surface area contributed by atoms with Crippen molar-refractivity contribution in [3.05, 3.63) is 24.0 Å². The molecule has 2 rings (SSSR count). The van der Waals surface area contributed by atoms with Crippen LogP contribution in [0.2, 0.25) is 0 Å². The molecule has 1 aromatic heterocycles. The molecule has 1 unspecified atom stereocenters. The van der Waals surface area contributed by atoms with Crippen LogP contribution in [0, 0.1) is 0 Å². The number of anilines is 1. The standard InChI is InChI=1S/C14H22N4O/c1-17-5-6-18(2)12(10-17)8-13(19)7-11-9-16-4-3-14(11)15/h3-4,9,12H,5-8,10H2,1-2H3,(H2,15,16). The fraction of sp³-hybridized carbons (Fsp3) is 0.571. The Morgan fingerprint density at radius 1 is 1.47 bits per heavy atom. The third kappa shape index (κ3) is 3.75. The third-order valence-electron chi connectivity index (χ3n) is 3.77. The maximum Gasteiger partial charge on any atom is 0.139 e. The number of rotatable bonds is 4. The summed E-state index contributed by atoms with van der Waals surface area (Å²) in [6.07, 6.45) is 4.29. The van der Waals surface area contributed by atoms with Crippen LogP contribution in [0.4, 0.5) is 5.69 Å². The van der Waals surface area contributed by atoms with Crippen LogP contribution in [0.25, 0.3) is 0 Å². The molecular weight excluding hydrogens is 240 g/mol. The predicted molar refractivity (Wildman–Crippen MR) is 75.9 cm³/mol. The molecule has 5 nitrogen and oxygen atoms in total. The Kier molecular flexibility index (Phi) is 4.50. The highest BCUT2D eigenvalue weighted by molar-refractivity contribution is 5.82. The van der Waals surface area contributed by atoms with Crippen LogP contribution < -0.4 is 5.73 Å². The molecule has 19 heavy (non-hydrogen) atoms. The molecule has 2 N–H and O–H groups in total. The lowest BCUT2D eigenvalue weighted by Gasteiger charge is -2.37. The number of hydrogen-bond acceptors (Lipinski definition) is 5. The molecule has 0 amide bonds. The van der Waals surface area contributed by atoms with Gasteiger partial charge in [-0.3, -0.25) is 9.78 Å². The second-order valence-electron chi connectivity index (χ2n) is 5.39. The second kappa shape index (κ2) is 6.12. The summed E-state index contributed by atoms with van der Waals surface area (Å²) < 4.78 is 0. The molecule has 0 aromatic carbocycles. The summed E-state index contributed by atoms with van der Waals surface area (Å²) in [5.41, 5.74) is 7.32. The van der Waals surface area contributed by atoms with E-state index in [2.05, 4.69) is 28.9 Å². The van der Waals surface area contributed by atoms with Gasteiger partial charge < -0.3 is 15.5 Å². The Bertz CT molecular complexity index is 449. The minimum Gasteiger partial charge on any atom is -0.398 e. The van der Waals surface area contributed by atoms with Crippen molar-refractivity contribution in [1.29, 1.82) is 0 Å². The summed E-state index contributed by atoms with van der Waals surface area (Å²) in [7, 11) is 4.19. The van der Waals surface area contributed by atoms with E-state index >= 15 is 0 Å². The lowest BCUT2D eigenvalue weighted by Crippen LogP contribution is -2.50. The van der Waals surface area contributed by atoms with Crippen molar-refractivity contribution in [2.75, 3.05) is 39.5 Å². The van der Waals surface area contributed by atoms with Crippen molar-refractivity contribution < 1.29 is 4.79 Å². The zero-order valence-electron chi connectivity index (χ0n) is 11.7. The highest BCUT2D eigenvalue weighted by Gasteiger charge is 2.24. The van der Waals surface area contributed by atoms with Gasteiger partial charge in [-0.05, 0) is 20.2 Å². The first-order valence-electron chi connectivity index (χ1n) is 6.65. The molecule has 1 fully saturated rings. The van der Waals surface area contributed by atoms with E-state index in [4.69, 9.17) is 5.73 Å². The zero-order chi connectivity index (χ0) is 13.8. The Morgan fingerprint density at radius 3 is 3.00 bits per heavy atom. The largest absolute Gasteiger partial charge is 0.398 e. The van der Waals surface area contributed by atoms with E-state index in [1.807, 2.05) is 0 Å². The molecule has 0 saturated carbocycles. The van der Waals surface area contributed by atoms with Gasteiger partial charge in [-0.15, -0.1) is 0 Å². The SMILES string of the molecule is CN1CCN(C)C(CC(=O)Cc2cnccc2N)C1. The molecule has 1 aromatic rings. The molecule has 1 saturated heterocycles. The zero-order valence-corrected chi connectivity index (χ0v) is 11.7. The van der Waals surface area contributed by atoms with Crippen LogP contribution >= 0.6 is 0 Å². The third-order valence-corrected chi connectivity index (χ3v) is 3.77. The smallest absolute Gasteiger partial charge is 0.139 e. The molecule has 2 heterocycles. The van der Waals surface area contributed by atoms with Crippen molar-refractivity contribution in [2.24, 2.45) is 0 Å². The number of carbonyl (C=O) groups excluding carboxylic acids is 1. The van der Waals surface area contributed by atoms with Gasteiger partial charge in [0.1, 0.15) is 5.78 Å². The maximum atomic E-state index is 12.2. The number of Topliss-reactive ketones (excluding diaryl/α,β-unsaturated/α-hetero) is 1. The van der Waals surface area contributed by atoms with Gasteiger partial charge in [-0.1, -0.05) is 0 Å². The van der Waals surface area contributed by atoms with E-state index in [9.17, 15) is 4.79 Å². The Balaban J connectivity index is 1.92. The van der Waals surface area contributed by atoms with Crippen LogP contribution in [0.15, 0.2) is 18.5 Å². The summed E-state index contributed by atoms with van der Waals surface area (Å²) in [5.74, 6) is 0.229. The minimum absolute atomic E-state index is 0.229. The number of ketones is 1. The van der Waals surface area contributed by atoms with Crippen molar-refractivity contribution in [2.45, 2.75) is 18.9 Å². The molecule has 1 aliphatic rings. The van der Waals surface area contributed by atoms with E-state index in [-0.39, 0.29) is 5.78 Å². The van der Waals surface area contributed by atoms with E-state index in [0.29, 0.717) is 24.6 Å². The number of piperazine rings is 1. The van der Waals surface area contributed by atoms with Crippen molar-refractivity contribution >= 4 is 11.5 Å². The van der Waals surface area contributed by atoms with Crippen LogP contribution in [0.3, 0.4) is 0 Å². The summed E-state index contributed by atoms with van der Waals surface area (Å²) in [4.78, 5) is 20.7. The van der Waals surface area contributed by atoms with Crippen molar-refractivity contribution in [3.8, 4) is 0 Å². The number of carbonyl (C=O) groups is 1. The molecule has 0 bridgehead atoms. The van der Waals surface area contributed by atoms with Crippen LogP contribution in [0.5, 0.6) is 0 Å². The van der Waals surface area contributed by atoms with Gasteiger partial charge in [0.25, 0.3) is 0 Å². The first kappa shape index (κ1) is 14.0. The number of nitrogens with zero attached hydrogens (tertiary/aromatic N) is 3. The number of hydrogen-bond donors (Lipinski definition) is 1. The van der Waals surface area contributed by atoms with Gasteiger partial charge in [-0.25, -0.2) is 0 Å². The monoisotopic (exact) mass is 262 g/mol. The molecule has 0 spiro atoms. The number of likely N-dealkylation sites (N-methyl/N-ethyl adjacent to an activating group) is 2. The fourth-order valence-corrected chi connectivity index (χ4v) is 2.45. The molecule has 1 atom stereocenters. The fourth-order valence-electron chi connectivity index (χ4n) is 2.45. The number of nitrogens with two attached hydrogens (primary N) is 1. The van der Waals surface area contributed by atoms with Gasteiger partial charge in [0.15, 0.2) is 0 Å². The first-order valence-corrected chi connectivity index (χ1v) is 6.65. The van der Waals surface area contributed by atoms with Gasteiger partial charge in [0.05, 0.1) is 0 Å². The van der Waals surface area contributed by atoms with Crippen LogP contribution in [0.1, 0.15) is 12.0 Å². The lowest BCUT2D eigenvalue weighted by atomic mass is 10.0. The lowest BCUT2D eigenvalue weighted by molar-refractivity contribution is -0.120. The average molecular weight is 262 g/mol. The number of nitrogen functional groups attached to an aromatic ring is 1. The quantitative estimate of drug-likeness (QED) is 0.851. The van der Waals surface area contributed by atoms with Gasteiger partial charge in [-0.2, -0.15) is 0 Å². The first-order chi connectivity index (χ1) is 9.06. The Morgan fingerprint density at radius 2 is 2.26 bits per heavy atom. The molecule has 0 radical (unpaired) electrons. The van der Waals surface area contributed by atoms with E-state index in [1.165, 1.54) is 0 Å². The highest BCUT2D eigenvalue weighted by Crippen LogP contribution is 2.14. The Labute approximate surface area is 114 Å². The predicted octanol–water partition coefficient (Wildman–Crippen LogP) is 0.411. The van der Waals surface area contributed by atoms with Crippen LogP contribution in [-0.4, -0.2) is 60.3 Å². The molecule has 1 aliphatic heterocycles. The van der Waals surface area contributed by atoms with Crippen molar-refractivity contribution in [3.63, 3.8) is 0 Å². The summed E-state index contributed by atoms with van der Waals surface area (Å²) in [6.45, 7) is 3.03. The normalized spacial score (nSPS) is 21.5. The molecule has 5 heteroatoms. The van der Waals surface area contributed by atoms with E-state index in [1.54, 1.807) is 18.5 Å². The van der Waals surface area contributed by atoms with E-state index in [0.717, 1.165) is 25.2 Å². The Hall–Kier alpha value is -1.46. The molecular formula is C14H22N4O. The average Bonchev–Trinajstić information content (AvgIpc) is 2.37.